The van der Waals surface area contributed by atoms with Gasteiger partial charge in [-0.05, 0) is 29.8 Å². The van der Waals surface area contributed by atoms with Gasteiger partial charge in [-0.2, -0.15) is 5.10 Å². The molecule has 0 aliphatic carbocycles. The molecular weight excluding hydrogens is 390 g/mol. The molecule has 1 N–H and O–H groups in total. The van der Waals surface area contributed by atoms with Crippen molar-refractivity contribution < 1.29 is 18.7 Å². The third-order valence-electron chi connectivity index (χ3n) is 3.46. The van der Waals surface area contributed by atoms with Gasteiger partial charge in [0.2, 0.25) is 0 Å². The lowest BCUT2D eigenvalue weighted by molar-refractivity contribution is -0.118. The lowest BCUT2D eigenvalue weighted by Gasteiger charge is -2.09. The molecule has 9 heteroatoms. The second-order valence-electron chi connectivity index (χ2n) is 5.27. The third-order valence-corrected chi connectivity index (χ3v) is 4.57. The van der Waals surface area contributed by atoms with E-state index in [1.165, 1.54) is 32.2 Å². The molecule has 7 nitrogen and oxygen atoms in total. The molecule has 3 aromatic rings. The van der Waals surface area contributed by atoms with E-state index in [1.54, 1.807) is 12.1 Å². The average molecular weight is 406 g/mol. The lowest BCUT2D eigenvalue weighted by Crippen LogP contribution is -2.19. The molecule has 0 saturated heterocycles. The van der Waals surface area contributed by atoms with Crippen LogP contribution >= 0.6 is 23.4 Å². The van der Waals surface area contributed by atoms with Crippen molar-refractivity contribution in [3.05, 3.63) is 47.0 Å². The normalized spacial score (nSPS) is 11.1. The average Bonchev–Trinajstić information content (AvgIpc) is 3.09. The van der Waals surface area contributed by atoms with Crippen molar-refractivity contribution in [3.63, 3.8) is 0 Å². The smallest absolute Gasteiger partial charge is 0.257 e. The Morgan fingerprint density at radius 3 is 2.89 bits per heavy atom. The number of methoxy groups -OCH3 is 2. The summed E-state index contributed by atoms with van der Waals surface area (Å²) in [6, 6.07) is 10.8. The summed E-state index contributed by atoms with van der Waals surface area (Å²) in [7, 11) is 3.02. The minimum Gasteiger partial charge on any atom is -0.493 e. The van der Waals surface area contributed by atoms with Gasteiger partial charge in [0.15, 0.2) is 17.1 Å². The molecule has 0 fully saturated rings. The van der Waals surface area contributed by atoms with E-state index in [9.17, 15) is 4.79 Å². The monoisotopic (exact) mass is 405 g/mol. The number of amides is 1. The second-order valence-corrected chi connectivity index (χ2v) is 6.60. The number of benzene rings is 2. The molecule has 0 aliphatic heterocycles. The van der Waals surface area contributed by atoms with Crippen LogP contribution in [-0.4, -0.2) is 37.1 Å². The molecule has 0 radical (unpaired) electrons. The Morgan fingerprint density at radius 2 is 2.15 bits per heavy atom. The molecule has 2 aromatic carbocycles. The maximum atomic E-state index is 11.9. The van der Waals surface area contributed by atoms with Gasteiger partial charge in [0, 0.05) is 0 Å². The first-order valence-electron chi connectivity index (χ1n) is 7.82. The number of nitrogens with one attached hydrogen (secondary N) is 1. The Hall–Kier alpha value is -2.71. The Labute approximate surface area is 164 Å². The van der Waals surface area contributed by atoms with Gasteiger partial charge in [-0.1, -0.05) is 35.5 Å². The highest BCUT2D eigenvalue weighted by molar-refractivity contribution is 7.99. The van der Waals surface area contributed by atoms with E-state index < -0.39 is 0 Å². The summed E-state index contributed by atoms with van der Waals surface area (Å²) >= 11 is 7.32. The highest BCUT2D eigenvalue weighted by Gasteiger charge is 2.11. The molecule has 1 aromatic heterocycles. The summed E-state index contributed by atoms with van der Waals surface area (Å²) in [6.07, 6.45) is 1.47. The summed E-state index contributed by atoms with van der Waals surface area (Å²) in [5.41, 5.74) is 4.54. The third kappa shape index (κ3) is 4.72. The predicted octanol–water partition coefficient (Wildman–Crippen LogP) is 3.74. The first-order valence-corrected chi connectivity index (χ1v) is 9.19. The number of para-hydroxylation sites is 2. The van der Waals surface area contributed by atoms with Gasteiger partial charge < -0.3 is 13.9 Å². The van der Waals surface area contributed by atoms with Crippen molar-refractivity contribution in [2.24, 2.45) is 5.10 Å². The Balaban J connectivity index is 1.56. The van der Waals surface area contributed by atoms with Crippen LogP contribution in [0, 0.1) is 0 Å². The van der Waals surface area contributed by atoms with Crippen LogP contribution in [0.1, 0.15) is 5.56 Å². The number of ether oxygens (including phenoxy) is 2. The molecule has 0 aliphatic rings. The summed E-state index contributed by atoms with van der Waals surface area (Å²) in [4.78, 5) is 16.2. The SMILES string of the molecule is COc1cc(/C=N\NC(=O)CSc2nc3ccccc3o2)cc(Cl)c1OC. The van der Waals surface area contributed by atoms with Crippen LogP contribution in [0.4, 0.5) is 0 Å². The molecule has 140 valence electrons. The van der Waals surface area contributed by atoms with E-state index >= 15 is 0 Å². The van der Waals surface area contributed by atoms with Gasteiger partial charge in [0.05, 0.1) is 31.2 Å². The fourth-order valence-corrected chi connectivity index (χ4v) is 3.19. The van der Waals surface area contributed by atoms with Crippen LogP contribution in [0.5, 0.6) is 11.5 Å². The maximum absolute atomic E-state index is 11.9. The highest BCUT2D eigenvalue weighted by Crippen LogP contribution is 2.35. The van der Waals surface area contributed by atoms with Gasteiger partial charge in [-0.25, -0.2) is 10.4 Å². The van der Waals surface area contributed by atoms with Crippen LogP contribution in [0.15, 0.2) is 51.1 Å². The molecule has 0 spiro atoms. The number of nitrogens with zero attached hydrogens (tertiary/aromatic N) is 2. The zero-order chi connectivity index (χ0) is 19.2. The Kier molecular flexibility index (Phi) is 6.20. The van der Waals surface area contributed by atoms with Crippen molar-refractivity contribution in [2.75, 3.05) is 20.0 Å². The van der Waals surface area contributed by atoms with Gasteiger partial charge >= 0.3 is 0 Å². The number of hydrogen-bond acceptors (Lipinski definition) is 7. The number of rotatable bonds is 7. The minimum absolute atomic E-state index is 0.122. The number of hydrazone groups is 1. The van der Waals surface area contributed by atoms with Crippen molar-refractivity contribution in [3.8, 4) is 11.5 Å². The molecule has 0 unspecified atom stereocenters. The number of halogens is 1. The van der Waals surface area contributed by atoms with Crippen LogP contribution in [0.2, 0.25) is 5.02 Å². The van der Waals surface area contributed by atoms with E-state index in [1.807, 2.05) is 24.3 Å². The fraction of sp³-hybridized carbons (Fsp3) is 0.167. The molecule has 0 bridgehead atoms. The second kappa shape index (κ2) is 8.79. The summed E-state index contributed by atoms with van der Waals surface area (Å²) < 4.78 is 15.9. The van der Waals surface area contributed by atoms with E-state index in [0.717, 1.165) is 5.52 Å². The molecule has 0 atom stereocenters. The molecule has 0 saturated carbocycles. The first-order chi connectivity index (χ1) is 13.1. The molecule has 1 heterocycles. The number of aromatic nitrogens is 1. The van der Waals surface area contributed by atoms with E-state index in [0.29, 0.717) is 32.9 Å². The topological polar surface area (TPSA) is 86.0 Å². The Bertz CT molecular complexity index is 957. The summed E-state index contributed by atoms with van der Waals surface area (Å²) in [5, 5.41) is 4.74. The highest BCUT2D eigenvalue weighted by atomic mass is 35.5. The van der Waals surface area contributed by atoms with Crippen molar-refractivity contribution >= 4 is 46.6 Å². The van der Waals surface area contributed by atoms with Crippen LogP contribution < -0.4 is 14.9 Å². The van der Waals surface area contributed by atoms with Crippen molar-refractivity contribution in [1.82, 2.24) is 10.4 Å². The fourth-order valence-electron chi connectivity index (χ4n) is 2.26. The summed E-state index contributed by atoms with van der Waals surface area (Å²) in [5.74, 6) is 0.751. The van der Waals surface area contributed by atoms with Crippen LogP contribution in [0.25, 0.3) is 11.1 Å². The quantitative estimate of drug-likeness (QED) is 0.366. The molecule has 1 amide bonds. The number of fused-ring (bicyclic) bond motifs is 1. The largest absolute Gasteiger partial charge is 0.493 e. The zero-order valence-corrected chi connectivity index (χ0v) is 16.1. The zero-order valence-electron chi connectivity index (χ0n) is 14.6. The van der Waals surface area contributed by atoms with E-state index in [-0.39, 0.29) is 11.7 Å². The van der Waals surface area contributed by atoms with E-state index in [4.69, 9.17) is 25.5 Å². The number of oxazole rings is 1. The van der Waals surface area contributed by atoms with Gasteiger partial charge in [0.1, 0.15) is 5.52 Å². The van der Waals surface area contributed by atoms with Gasteiger partial charge in [-0.15, -0.1) is 0 Å². The molecular formula is C18H16ClN3O4S. The Morgan fingerprint density at radius 1 is 1.33 bits per heavy atom. The number of carbonyl (C=O) groups excluding carboxylic acids is 1. The maximum Gasteiger partial charge on any atom is 0.257 e. The number of carbonyl (C=O) groups is 1. The van der Waals surface area contributed by atoms with Crippen LogP contribution in [0.3, 0.4) is 0 Å². The summed E-state index contributed by atoms with van der Waals surface area (Å²) in [6.45, 7) is 0. The predicted molar refractivity (Wildman–Crippen MR) is 105 cm³/mol. The minimum atomic E-state index is -0.287. The molecule has 3 rings (SSSR count). The van der Waals surface area contributed by atoms with Gasteiger partial charge in [-0.3, -0.25) is 4.79 Å². The lowest BCUT2D eigenvalue weighted by atomic mass is 10.2. The number of thioether (sulfide) groups is 1. The van der Waals surface area contributed by atoms with Gasteiger partial charge in [0.25, 0.3) is 11.1 Å². The van der Waals surface area contributed by atoms with Crippen molar-refractivity contribution in [1.29, 1.82) is 0 Å². The van der Waals surface area contributed by atoms with Crippen LogP contribution in [-0.2, 0) is 4.79 Å². The molecule has 27 heavy (non-hydrogen) atoms. The van der Waals surface area contributed by atoms with E-state index in [2.05, 4.69) is 15.5 Å². The van der Waals surface area contributed by atoms with Crippen molar-refractivity contribution in [2.45, 2.75) is 5.22 Å². The first kappa shape index (κ1) is 19.1. The number of hydrogen-bond donors (Lipinski definition) is 1. The standard InChI is InChI=1S/C18H16ClN3O4S/c1-24-15-8-11(7-12(19)17(15)25-2)9-20-22-16(23)10-27-18-21-13-5-3-4-6-14(13)26-18/h3-9H,10H2,1-2H3,(H,22,23)/b20-9-.